The standard InChI is InChI=1S/C15H21NO2S/c1-11-7-9-14(19-11)13(17)8-10-15(18)16-12-5-3-2-4-6-12/h7,9,12H,2-6,8,10H2,1H3,(H,16,18). The summed E-state index contributed by atoms with van der Waals surface area (Å²) >= 11 is 1.50. The molecule has 0 bridgehead atoms. The van der Waals surface area contributed by atoms with Crippen molar-refractivity contribution in [1.29, 1.82) is 0 Å². The van der Waals surface area contributed by atoms with Gasteiger partial charge in [0.2, 0.25) is 5.91 Å². The van der Waals surface area contributed by atoms with Crippen LogP contribution in [-0.2, 0) is 4.79 Å². The van der Waals surface area contributed by atoms with Gasteiger partial charge in [-0.25, -0.2) is 0 Å². The lowest BCUT2D eigenvalue weighted by atomic mass is 9.95. The molecular weight excluding hydrogens is 258 g/mol. The highest BCUT2D eigenvalue weighted by Gasteiger charge is 2.16. The average Bonchev–Trinajstić information content (AvgIpc) is 2.84. The van der Waals surface area contributed by atoms with Crippen LogP contribution in [0.2, 0.25) is 0 Å². The molecule has 1 aromatic rings. The monoisotopic (exact) mass is 279 g/mol. The van der Waals surface area contributed by atoms with Crippen LogP contribution in [0.3, 0.4) is 0 Å². The Morgan fingerprint density at radius 2 is 1.95 bits per heavy atom. The molecule has 0 saturated heterocycles. The first-order valence-corrected chi connectivity index (χ1v) is 7.86. The van der Waals surface area contributed by atoms with Crippen molar-refractivity contribution in [3.8, 4) is 0 Å². The first-order chi connectivity index (χ1) is 9.15. The van der Waals surface area contributed by atoms with E-state index in [9.17, 15) is 9.59 Å². The zero-order valence-electron chi connectivity index (χ0n) is 11.4. The van der Waals surface area contributed by atoms with Crippen molar-refractivity contribution in [2.45, 2.75) is 57.9 Å². The Hall–Kier alpha value is -1.16. The minimum absolute atomic E-state index is 0.0218. The van der Waals surface area contributed by atoms with Crippen LogP contribution >= 0.6 is 11.3 Å². The van der Waals surface area contributed by atoms with Gasteiger partial charge >= 0.3 is 0 Å². The molecule has 0 atom stereocenters. The third-order valence-corrected chi connectivity index (χ3v) is 4.61. The van der Waals surface area contributed by atoms with Crippen LogP contribution in [-0.4, -0.2) is 17.7 Å². The Morgan fingerprint density at radius 3 is 2.58 bits per heavy atom. The molecule has 1 heterocycles. The number of nitrogens with one attached hydrogen (secondary N) is 1. The van der Waals surface area contributed by atoms with Gasteiger partial charge in [0, 0.05) is 23.8 Å². The summed E-state index contributed by atoms with van der Waals surface area (Å²) in [4.78, 5) is 25.6. The summed E-state index contributed by atoms with van der Waals surface area (Å²) in [7, 11) is 0. The van der Waals surface area contributed by atoms with Gasteiger partial charge in [0.1, 0.15) is 0 Å². The van der Waals surface area contributed by atoms with E-state index in [-0.39, 0.29) is 11.7 Å². The molecule has 1 aliphatic rings. The van der Waals surface area contributed by atoms with Crippen molar-refractivity contribution >= 4 is 23.0 Å². The van der Waals surface area contributed by atoms with Gasteiger partial charge in [-0.3, -0.25) is 9.59 Å². The summed E-state index contributed by atoms with van der Waals surface area (Å²) in [5.41, 5.74) is 0. The molecular formula is C15H21NO2S. The largest absolute Gasteiger partial charge is 0.353 e. The van der Waals surface area contributed by atoms with E-state index in [1.165, 1.54) is 30.6 Å². The van der Waals surface area contributed by atoms with Gasteiger partial charge in [-0.05, 0) is 31.9 Å². The first kappa shape index (κ1) is 14.3. The number of Topliss-reactive ketones (excluding diaryl/α,β-unsaturated/α-hetero) is 1. The van der Waals surface area contributed by atoms with E-state index in [0.29, 0.717) is 18.9 Å². The summed E-state index contributed by atoms with van der Waals surface area (Å²) in [6, 6.07) is 4.13. The highest BCUT2D eigenvalue weighted by atomic mass is 32.1. The number of hydrogen-bond acceptors (Lipinski definition) is 3. The van der Waals surface area contributed by atoms with Crippen LogP contribution in [0.25, 0.3) is 0 Å². The van der Waals surface area contributed by atoms with Crippen LogP contribution in [0.4, 0.5) is 0 Å². The molecule has 0 spiro atoms. The molecule has 104 valence electrons. The first-order valence-electron chi connectivity index (χ1n) is 7.04. The summed E-state index contributed by atoms with van der Waals surface area (Å²) in [5.74, 6) is 0.102. The number of hydrogen-bond donors (Lipinski definition) is 1. The molecule has 1 fully saturated rings. The zero-order chi connectivity index (χ0) is 13.7. The minimum atomic E-state index is 0.0218. The van der Waals surface area contributed by atoms with Gasteiger partial charge in [-0.2, -0.15) is 0 Å². The third kappa shape index (κ3) is 4.46. The Balaban J connectivity index is 1.72. The highest BCUT2D eigenvalue weighted by molar-refractivity contribution is 7.14. The Morgan fingerprint density at radius 1 is 1.21 bits per heavy atom. The predicted octanol–water partition coefficient (Wildman–Crippen LogP) is 3.47. The lowest BCUT2D eigenvalue weighted by Crippen LogP contribution is -2.36. The van der Waals surface area contributed by atoms with E-state index >= 15 is 0 Å². The van der Waals surface area contributed by atoms with E-state index in [0.717, 1.165) is 22.6 Å². The second-order valence-electron chi connectivity index (χ2n) is 5.24. The normalized spacial score (nSPS) is 16.3. The number of thiophene rings is 1. The van der Waals surface area contributed by atoms with Crippen LogP contribution in [0.15, 0.2) is 12.1 Å². The molecule has 1 aliphatic carbocycles. The van der Waals surface area contributed by atoms with E-state index in [4.69, 9.17) is 0 Å². The van der Waals surface area contributed by atoms with E-state index in [2.05, 4.69) is 5.32 Å². The molecule has 0 aromatic carbocycles. The summed E-state index contributed by atoms with van der Waals surface area (Å²) in [5, 5.41) is 3.04. The predicted molar refractivity (Wildman–Crippen MR) is 77.6 cm³/mol. The number of aryl methyl sites for hydroxylation is 1. The van der Waals surface area contributed by atoms with Crippen molar-refractivity contribution in [3.05, 3.63) is 21.9 Å². The Kier molecular flexibility index (Phi) is 5.14. The molecule has 0 unspecified atom stereocenters. The number of rotatable bonds is 5. The molecule has 1 amide bonds. The number of ketones is 1. The highest BCUT2D eigenvalue weighted by Crippen LogP contribution is 2.19. The fourth-order valence-corrected chi connectivity index (χ4v) is 3.32. The SMILES string of the molecule is Cc1ccc(C(=O)CCC(=O)NC2CCCCC2)s1. The molecule has 2 rings (SSSR count). The van der Waals surface area contributed by atoms with Crippen molar-refractivity contribution < 1.29 is 9.59 Å². The smallest absolute Gasteiger partial charge is 0.220 e. The quantitative estimate of drug-likeness (QED) is 0.839. The molecule has 1 saturated carbocycles. The maximum absolute atomic E-state index is 11.9. The summed E-state index contributed by atoms with van der Waals surface area (Å²) in [6.07, 6.45) is 6.50. The van der Waals surface area contributed by atoms with Crippen LogP contribution in [0, 0.1) is 6.92 Å². The van der Waals surface area contributed by atoms with E-state index < -0.39 is 0 Å². The summed E-state index contributed by atoms with van der Waals surface area (Å²) < 4.78 is 0. The van der Waals surface area contributed by atoms with Gasteiger partial charge in [-0.1, -0.05) is 19.3 Å². The molecule has 0 radical (unpaired) electrons. The zero-order valence-corrected chi connectivity index (χ0v) is 12.2. The number of carbonyl (C=O) groups is 2. The van der Waals surface area contributed by atoms with Crippen LogP contribution < -0.4 is 5.32 Å². The van der Waals surface area contributed by atoms with Crippen molar-refractivity contribution in [3.63, 3.8) is 0 Å². The lowest BCUT2D eigenvalue weighted by molar-refractivity contribution is -0.121. The van der Waals surface area contributed by atoms with E-state index in [1.807, 2.05) is 19.1 Å². The minimum Gasteiger partial charge on any atom is -0.353 e. The van der Waals surface area contributed by atoms with Crippen LogP contribution in [0.5, 0.6) is 0 Å². The lowest BCUT2D eigenvalue weighted by Gasteiger charge is -2.22. The molecule has 4 heteroatoms. The van der Waals surface area contributed by atoms with Crippen molar-refractivity contribution in [2.24, 2.45) is 0 Å². The Labute approximate surface area is 118 Å². The van der Waals surface area contributed by atoms with Gasteiger partial charge in [0.15, 0.2) is 5.78 Å². The fraction of sp³-hybridized carbons (Fsp3) is 0.600. The van der Waals surface area contributed by atoms with Crippen LogP contribution in [0.1, 0.15) is 59.5 Å². The van der Waals surface area contributed by atoms with Gasteiger partial charge in [0.05, 0.1) is 4.88 Å². The second kappa shape index (κ2) is 6.85. The maximum atomic E-state index is 11.9. The van der Waals surface area contributed by atoms with Gasteiger partial charge < -0.3 is 5.32 Å². The molecule has 19 heavy (non-hydrogen) atoms. The molecule has 1 aromatic heterocycles. The third-order valence-electron chi connectivity index (χ3n) is 3.56. The Bertz CT molecular complexity index is 447. The number of amides is 1. The maximum Gasteiger partial charge on any atom is 0.220 e. The second-order valence-corrected chi connectivity index (χ2v) is 6.52. The van der Waals surface area contributed by atoms with Gasteiger partial charge in [0.25, 0.3) is 0 Å². The topological polar surface area (TPSA) is 46.2 Å². The fourth-order valence-electron chi connectivity index (χ4n) is 2.48. The average molecular weight is 279 g/mol. The summed E-state index contributed by atoms with van der Waals surface area (Å²) in [6.45, 7) is 1.98. The molecule has 3 nitrogen and oxygen atoms in total. The van der Waals surface area contributed by atoms with Crippen molar-refractivity contribution in [2.75, 3.05) is 0 Å². The molecule has 1 N–H and O–H groups in total. The van der Waals surface area contributed by atoms with E-state index in [1.54, 1.807) is 0 Å². The van der Waals surface area contributed by atoms with Gasteiger partial charge in [-0.15, -0.1) is 11.3 Å². The number of carbonyl (C=O) groups excluding carboxylic acids is 2. The molecule has 0 aliphatic heterocycles. The van der Waals surface area contributed by atoms with Crippen molar-refractivity contribution in [1.82, 2.24) is 5.32 Å².